The zero-order chi connectivity index (χ0) is 16.6. The lowest BCUT2D eigenvalue weighted by molar-refractivity contribution is -0.151. The lowest BCUT2D eigenvalue weighted by Crippen LogP contribution is -2.20. The summed E-state index contributed by atoms with van der Waals surface area (Å²) in [4.78, 5) is 22.9. The number of esters is 2. The molecular formula is C18H32O4. The molecule has 0 saturated carbocycles. The highest BCUT2D eigenvalue weighted by Crippen LogP contribution is 2.14. The SMILES string of the molecule is CCCCCCCCC/C=C/C[C@@H](CC(=O)OC)C(=O)OC. The lowest BCUT2D eigenvalue weighted by atomic mass is 10.0. The van der Waals surface area contributed by atoms with Gasteiger partial charge in [-0.15, -0.1) is 0 Å². The lowest BCUT2D eigenvalue weighted by Gasteiger charge is -2.10. The van der Waals surface area contributed by atoms with Gasteiger partial charge in [-0.05, 0) is 19.3 Å². The Kier molecular flexibility index (Phi) is 13.7. The van der Waals surface area contributed by atoms with Crippen LogP contribution in [0.3, 0.4) is 0 Å². The van der Waals surface area contributed by atoms with Gasteiger partial charge < -0.3 is 9.47 Å². The Hall–Kier alpha value is -1.32. The van der Waals surface area contributed by atoms with Gasteiger partial charge in [0.15, 0.2) is 0 Å². The van der Waals surface area contributed by atoms with E-state index in [9.17, 15) is 9.59 Å². The molecule has 4 heteroatoms. The van der Waals surface area contributed by atoms with E-state index in [1.165, 1.54) is 59.2 Å². The molecule has 0 unspecified atom stereocenters. The summed E-state index contributed by atoms with van der Waals surface area (Å²) in [6, 6.07) is 0. The Bertz CT molecular complexity index is 323. The third kappa shape index (κ3) is 11.4. The van der Waals surface area contributed by atoms with Gasteiger partial charge in [-0.25, -0.2) is 0 Å². The largest absolute Gasteiger partial charge is 0.469 e. The number of rotatable bonds is 13. The van der Waals surface area contributed by atoms with Crippen molar-refractivity contribution in [3.05, 3.63) is 12.2 Å². The van der Waals surface area contributed by atoms with Crippen LogP contribution >= 0.6 is 0 Å². The van der Waals surface area contributed by atoms with Crippen molar-refractivity contribution >= 4 is 11.9 Å². The first kappa shape index (κ1) is 20.7. The van der Waals surface area contributed by atoms with Crippen molar-refractivity contribution < 1.29 is 19.1 Å². The van der Waals surface area contributed by atoms with Gasteiger partial charge in [0.2, 0.25) is 0 Å². The smallest absolute Gasteiger partial charge is 0.309 e. The summed E-state index contributed by atoms with van der Waals surface area (Å²) < 4.78 is 9.32. The standard InChI is InChI=1S/C18H32O4/c1-4-5-6-7-8-9-10-11-12-13-14-16(18(20)22-3)15-17(19)21-2/h12-13,16H,4-11,14-15H2,1-3H3/b13-12+/t16-/m0/s1. The number of ether oxygens (including phenoxy) is 2. The topological polar surface area (TPSA) is 52.6 Å². The van der Waals surface area contributed by atoms with Crippen LogP contribution in [0, 0.1) is 5.92 Å². The Labute approximate surface area is 135 Å². The van der Waals surface area contributed by atoms with Crippen LogP contribution in [0.15, 0.2) is 12.2 Å². The van der Waals surface area contributed by atoms with Gasteiger partial charge in [0.25, 0.3) is 0 Å². The maximum Gasteiger partial charge on any atom is 0.309 e. The van der Waals surface area contributed by atoms with E-state index in [0.29, 0.717) is 6.42 Å². The average Bonchev–Trinajstić information content (AvgIpc) is 2.54. The van der Waals surface area contributed by atoms with Crippen molar-refractivity contribution in [2.24, 2.45) is 5.92 Å². The molecule has 0 rings (SSSR count). The van der Waals surface area contributed by atoms with Gasteiger partial charge in [-0.3, -0.25) is 9.59 Å². The predicted octanol–water partition coefficient (Wildman–Crippen LogP) is 4.43. The Morgan fingerprint density at radius 2 is 1.55 bits per heavy atom. The first-order valence-electron chi connectivity index (χ1n) is 8.45. The number of methoxy groups -OCH3 is 2. The summed E-state index contributed by atoms with van der Waals surface area (Å²) in [5, 5.41) is 0. The van der Waals surface area contributed by atoms with E-state index in [1.807, 2.05) is 6.08 Å². The molecule has 0 fully saturated rings. The zero-order valence-electron chi connectivity index (χ0n) is 14.4. The van der Waals surface area contributed by atoms with Crippen molar-refractivity contribution in [3.63, 3.8) is 0 Å². The van der Waals surface area contributed by atoms with Gasteiger partial charge in [0.1, 0.15) is 0 Å². The number of carbonyl (C=O) groups is 2. The maximum absolute atomic E-state index is 11.6. The fourth-order valence-corrected chi connectivity index (χ4v) is 2.31. The van der Waals surface area contributed by atoms with Crippen molar-refractivity contribution in [3.8, 4) is 0 Å². The highest BCUT2D eigenvalue weighted by molar-refractivity contribution is 5.79. The number of carbonyl (C=O) groups excluding carboxylic acids is 2. The second-order valence-electron chi connectivity index (χ2n) is 5.62. The van der Waals surface area contributed by atoms with Crippen LogP contribution in [0.5, 0.6) is 0 Å². The van der Waals surface area contributed by atoms with Crippen LogP contribution in [0.2, 0.25) is 0 Å². The van der Waals surface area contributed by atoms with Gasteiger partial charge in [-0.2, -0.15) is 0 Å². The minimum absolute atomic E-state index is 0.0743. The van der Waals surface area contributed by atoms with Crippen LogP contribution in [-0.2, 0) is 19.1 Å². The molecule has 0 saturated heterocycles. The molecule has 0 aromatic heterocycles. The molecule has 4 nitrogen and oxygen atoms in total. The van der Waals surface area contributed by atoms with Gasteiger partial charge in [0, 0.05) is 0 Å². The molecule has 0 aromatic rings. The highest BCUT2D eigenvalue weighted by Gasteiger charge is 2.21. The molecule has 0 aromatic carbocycles. The first-order chi connectivity index (χ1) is 10.7. The van der Waals surface area contributed by atoms with E-state index in [4.69, 9.17) is 4.74 Å². The monoisotopic (exact) mass is 312 g/mol. The Balaban J connectivity index is 3.81. The second kappa shape index (κ2) is 14.6. The van der Waals surface area contributed by atoms with E-state index in [0.717, 1.165) is 6.42 Å². The van der Waals surface area contributed by atoms with E-state index in [-0.39, 0.29) is 18.4 Å². The second-order valence-corrected chi connectivity index (χ2v) is 5.62. The van der Waals surface area contributed by atoms with Crippen LogP contribution in [0.1, 0.15) is 71.1 Å². The highest BCUT2D eigenvalue weighted by atomic mass is 16.5. The molecule has 0 aliphatic rings. The summed E-state index contributed by atoms with van der Waals surface area (Å²) in [6.45, 7) is 2.23. The van der Waals surface area contributed by atoms with E-state index in [2.05, 4.69) is 17.7 Å². The summed E-state index contributed by atoms with van der Waals surface area (Å²) >= 11 is 0. The molecule has 0 aliphatic heterocycles. The van der Waals surface area contributed by atoms with Crippen LogP contribution in [0.25, 0.3) is 0 Å². The minimum atomic E-state index is -0.442. The van der Waals surface area contributed by atoms with E-state index < -0.39 is 5.92 Å². The van der Waals surface area contributed by atoms with Gasteiger partial charge >= 0.3 is 11.9 Å². The molecule has 1 atom stereocenters. The van der Waals surface area contributed by atoms with Gasteiger partial charge in [0.05, 0.1) is 26.6 Å². The van der Waals surface area contributed by atoms with Crippen LogP contribution in [-0.4, -0.2) is 26.2 Å². The Morgan fingerprint density at radius 3 is 2.14 bits per heavy atom. The number of hydrogen-bond donors (Lipinski definition) is 0. The third-order valence-corrected chi connectivity index (χ3v) is 3.74. The van der Waals surface area contributed by atoms with E-state index in [1.54, 1.807) is 0 Å². The molecule has 0 amide bonds. The number of allylic oxidation sites excluding steroid dienone is 2. The van der Waals surface area contributed by atoms with Crippen molar-refractivity contribution in [1.29, 1.82) is 0 Å². The van der Waals surface area contributed by atoms with Crippen LogP contribution in [0.4, 0.5) is 0 Å². The molecule has 0 N–H and O–H groups in total. The van der Waals surface area contributed by atoms with E-state index >= 15 is 0 Å². The van der Waals surface area contributed by atoms with Crippen LogP contribution < -0.4 is 0 Å². The van der Waals surface area contributed by atoms with Crippen molar-refractivity contribution in [2.75, 3.05) is 14.2 Å². The van der Waals surface area contributed by atoms with Crippen molar-refractivity contribution in [2.45, 2.75) is 71.1 Å². The molecule has 22 heavy (non-hydrogen) atoms. The first-order valence-corrected chi connectivity index (χ1v) is 8.45. The maximum atomic E-state index is 11.6. The molecule has 0 spiro atoms. The summed E-state index contributed by atoms with van der Waals surface area (Å²) in [5.41, 5.74) is 0. The van der Waals surface area contributed by atoms with Crippen molar-refractivity contribution in [1.82, 2.24) is 0 Å². The Morgan fingerprint density at radius 1 is 0.909 bits per heavy atom. The summed E-state index contributed by atoms with van der Waals surface area (Å²) in [6.07, 6.45) is 14.8. The zero-order valence-corrected chi connectivity index (χ0v) is 14.4. The minimum Gasteiger partial charge on any atom is -0.469 e. The predicted molar refractivity (Wildman–Crippen MR) is 88.5 cm³/mol. The number of hydrogen-bond acceptors (Lipinski definition) is 4. The normalized spacial score (nSPS) is 12.3. The third-order valence-electron chi connectivity index (χ3n) is 3.74. The van der Waals surface area contributed by atoms with Gasteiger partial charge in [-0.1, -0.05) is 57.6 Å². The summed E-state index contributed by atoms with van der Waals surface area (Å²) in [5.74, 6) is -1.18. The average molecular weight is 312 g/mol. The quantitative estimate of drug-likeness (QED) is 0.287. The summed E-state index contributed by atoms with van der Waals surface area (Å²) in [7, 11) is 2.67. The fourth-order valence-electron chi connectivity index (χ4n) is 2.31. The molecule has 0 bridgehead atoms. The molecule has 128 valence electrons. The number of unbranched alkanes of at least 4 members (excludes halogenated alkanes) is 7. The molecular weight excluding hydrogens is 280 g/mol. The fraction of sp³-hybridized carbons (Fsp3) is 0.778. The molecule has 0 radical (unpaired) electrons. The molecule has 0 heterocycles. The molecule has 0 aliphatic carbocycles.